The molecule has 0 spiro atoms. The largest absolute Gasteiger partial charge is 0.481 e. The molecule has 0 bridgehead atoms. The van der Waals surface area contributed by atoms with E-state index in [1.807, 2.05) is 19.1 Å². The van der Waals surface area contributed by atoms with Gasteiger partial charge in [-0.2, -0.15) is 0 Å². The molecule has 1 atom stereocenters. The Morgan fingerprint density at radius 1 is 1.53 bits per heavy atom. The van der Waals surface area contributed by atoms with Crippen LogP contribution in [0.5, 0.6) is 0 Å². The topological polar surface area (TPSA) is 70.5 Å². The lowest BCUT2D eigenvalue weighted by Gasteiger charge is -2.24. The van der Waals surface area contributed by atoms with E-state index in [9.17, 15) is 9.59 Å². The molecule has 1 aliphatic rings. The predicted molar refractivity (Wildman–Crippen MR) is 70.9 cm³/mol. The van der Waals surface area contributed by atoms with Gasteiger partial charge in [0.25, 0.3) is 0 Å². The fraction of sp³-hybridized carbons (Fsp3) is 0.500. The minimum absolute atomic E-state index is 0.00815. The molecule has 1 saturated carbocycles. The second kappa shape index (κ2) is 5.38. The van der Waals surface area contributed by atoms with E-state index < -0.39 is 11.9 Å². The summed E-state index contributed by atoms with van der Waals surface area (Å²) in [7, 11) is 0. The van der Waals surface area contributed by atoms with Crippen LogP contribution in [0, 0.1) is 18.8 Å². The molecule has 1 fully saturated rings. The van der Waals surface area contributed by atoms with Gasteiger partial charge >= 0.3 is 5.97 Å². The highest BCUT2D eigenvalue weighted by Crippen LogP contribution is 2.32. The molecule has 19 heavy (non-hydrogen) atoms. The summed E-state index contributed by atoms with van der Waals surface area (Å²) in [6.07, 6.45) is 3.43. The third-order valence-electron chi connectivity index (χ3n) is 3.25. The summed E-state index contributed by atoms with van der Waals surface area (Å²) in [6, 6.07) is 3.67. The number of aliphatic carboxylic acids is 1. The molecule has 1 unspecified atom stereocenters. The van der Waals surface area contributed by atoms with E-state index in [1.54, 1.807) is 13.1 Å². The molecule has 0 aromatic carbocycles. The number of rotatable bonds is 5. The molecule has 0 radical (unpaired) electrons. The second-order valence-electron chi connectivity index (χ2n) is 5.15. The number of amides is 1. The van der Waals surface area contributed by atoms with Crippen molar-refractivity contribution in [1.82, 2.24) is 4.98 Å². The van der Waals surface area contributed by atoms with Gasteiger partial charge < -0.3 is 5.11 Å². The van der Waals surface area contributed by atoms with Crippen LogP contribution in [0.4, 0.5) is 5.82 Å². The number of nitrogens with zero attached hydrogens (tertiary/aromatic N) is 2. The zero-order chi connectivity index (χ0) is 14.0. The third-order valence-corrected chi connectivity index (χ3v) is 3.25. The van der Waals surface area contributed by atoms with Gasteiger partial charge in [0.2, 0.25) is 5.91 Å². The highest BCUT2D eigenvalue weighted by molar-refractivity contribution is 5.96. The number of hydrogen-bond acceptors (Lipinski definition) is 3. The van der Waals surface area contributed by atoms with Gasteiger partial charge in [-0.25, -0.2) is 4.98 Å². The highest BCUT2D eigenvalue weighted by Gasteiger charge is 2.35. The standard InChI is InChI=1S/C14H18N2O3/c1-9-5-6-15-12(7-9)16(8-10(2)14(18)19)13(17)11-3-4-11/h5-7,10-11H,3-4,8H2,1-2H3,(H,18,19). The van der Waals surface area contributed by atoms with Crippen LogP contribution in [-0.4, -0.2) is 28.5 Å². The molecule has 1 N–H and O–H groups in total. The minimum Gasteiger partial charge on any atom is -0.481 e. The molecule has 1 aromatic rings. The average molecular weight is 262 g/mol. The first-order chi connectivity index (χ1) is 8.99. The van der Waals surface area contributed by atoms with Crippen molar-refractivity contribution in [2.75, 3.05) is 11.4 Å². The first kappa shape index (κ1) is 13.5. The summed E-state index contributed by atoms with van der Waals surface area (Å²) in [5, 5.41) is 9.01. The van der Waals surface area contributed by atoms with Crippen molar-refractivity contribution in [3.63, 3.8) is 0 Å². The highest BCUT2D eigenvalue weighted by atomic mass is 16.4. The molecule has 1 aromatic heterocycles. The van der Waals surface area contributed by atoms with Gasteiger partial charge in [0.1, 0.15) is 5.82 Å². The first-order valence-electron chi connectivity index (χ1n) is 6.46. The fourth-order valence-corrected chi connectivity index (χ4v) is 1.87. The molecule has 5 heteroatoms. The number of aromatic nitrogens is 1. The summed E-state index contributed by atoms with van der Waals surface area (Å²) >= 11 is 0. The van der Waals surface area contributed by atoms with E-state index in [4.69, 9.17) is 5.11 Å². The van der Waals surface area contributed by atoms with Crippen molar-refractivity contribution in [2.24, 2.45) is 11.8 Å². The number of pyridine rings is 1. The molecule has 5 nitrogen and oxygen atoms in total. The van der Waals surface area contributed by atoms with Crippen LogP contribution in [0.3, 0.4) is 0 Å². The number of aryl methyl sites for hydroxylation is 1. The quantitative estimate of drug-likeness (QED) is 0.879. The van der Waals surface area contributed by atoms with Crippen LogP contribution in [0.1, 0.15) is 25.3 Å². The molecule has 0 saturated heterocycles. The van der Waals surface area contributed by atoms with Gasteiger partial charge in [0.15, 0.2) is 0 Å². The van der Waals surface area contributed by atoms with Crippen molar-refractivity contribution in [1.29, 1.82) is 0 Å². The van der Waals surface area contributed by atoms with E-state index >= 15 is 0 Å². The molecule has 102 valence electrons. The zero-order valence-electron chi connectivity index (χ0n) is 11.2. The number of carbonyl (C=O) groups excluding carboxylic acids is 1. The van der Waals surface area contributed by atoms with Gasteiger partial charge in [-0.1, -0.05) is 6.92 Å². The zero-order valence-corrected chi connectivity index (χ0v) is 11.2. The van der Waals surface area contributed by atoms with Crippen molar-refractivity contribution >= 4 is 17.7 Å². The van der Waals surface area contributed by atoms with Crippen LogP contribution < -0.4 is 4.90 Å². The van der Waals surface area contributed by atoms with E-state index in [2.05, 4.69) is 4.98 Å². The van der Waals surface area contributed by atoms with Gasteiger partial charge in [-0.15, -0.1) is 0 Å². The van der Waals surface area contributed by atoms with Gasteiger partial charge in [0, 0.05) is 18.7 Å². The molecule has 1 aliphatic carbocycles. The van der Waals surface area contributed by atoms with Gasteiger partial charge in [-0.05, 0) is 37.5 Å². The summed E-state index contributed by atoms with van der Waals surface area (Å²) in [6.45, 7) is 3.69. The first-order valence-corrected chi connectivity index (χ1v) is 6.46. The Kier molecular flexibility index (Phi) is 3.83. The van der Waals surface area contributed by atoms with Gasteiger partial charge in [0.05, 0.1) is 5.92 Å². The lowest BCUT2D eigenvalue weighted by atomic mass is 10.1. The Bertz CT molecular complexity index is 497. The fourth-order valence-electron chi connectivity index (χ4n) is 1.87. The maximum atomic E-state index is 12.3. The maximum absolute atomic E-state index is 12.3. The molecular weight excluding hydrogens is 244 g/mol. The van der Waals surface area contributed by atoms with Gasteiger partial charge in [-0.3, -0.25) is 14.5 Å². The van der Waals surface area contributed by atoms with Crippen LogP contribution in [0.2, 0.25) is 0 Å². The Morgan fingerprint density at radius 3 is 2.74 bits per heavy atom. The Balaban J connectivity index is 2.23. The number of carbonyl (C=O) groups is 2. The van der Waals surface area contributed by atoms with Crippen molar-refractivity contribution in [3.8, 4) is 0 Å². The number of carboxylic acid groups (broad SMARTS) is 1. The number of anilines is 1. The summed E-state index contributed by atoms with van der Waals surface area (Å²) in [5.41, 5.74) is 1.00. The SMILES string of the molecule is Cc1ccnc(N(CC(C)C(=O)O)C(=O)C2CC2)c1. The van der Waals surface area contributed by atoms with Crippen molar-refractivity contribution in [2.45, 2.75) is 26.7 Å². The summed E-state index contributed by atoms with van der Waals surface area (Å²) in [4.78, 5) is 29.0. The Labute approximate surface area is 112 Å². The summed E-state index contributed by atoms with van der Waals surface area (Å²) in [5.74, 6) is -0.925. The van der Waals surface area contributed by atoms with Crippen molar-refractivity contribution < 1.29 is 14.7 Å². The maximum Gasteiger partial charge on any atom is 0.308 e. The Morgan fingerprint density at radius 2 is 2.21 bits per heavy atom. The van der Waals surface area contributed by atoms with E-state index in [0.717, 1.165) is 18.4 Å². The summed E-state index contributed by atoms with van der Waals surface area (Å²) < 4.78 is 0. The van der Waals surface area contributed by atoms with Crippen LogP contribution in [0.25, 0.3) is 0 Å². The second-order valence-corrected chi connectivity index (χ2v) is 5.15. The predicted octanol–water partition coefficient (Wildman–Crippen LogP) is 1.85. The average Bonchev–Trinajstić information content (AvgIpc) is 3.18. The molecule has 2 rings (SSSR count). The smallest absolute Gasteiger partial charge is 0.308 e. The molecule has 1 heterocycles. The van der Waals surface area contributed by atoms with Crippen molar-refractivity contribution in [3.05, 3.63) is 23.9 Å². The molecular formula is C14H18N2O3. The van der Waals surface area contributed by atoms with E-state index in [1.165, 1.54) is 4.90 Å². The minimum atomic E-state index is -0.902. The lowest BCUT2D eigenvalue weighted by Crippen LogP contribution is -2.38. The molecule has 0 aliphatic heterocycles. The normalized spacial score (nSPS) is 15.9. The lowest BCUT2D eigenvalue weighted by molar-refractivity contribution is -0.140. The Hall–Kier alpha value is -1.91. The van der Waals surface area contributed by atoms with E-state index in [0.29, 0.717) is 5.82 Å². The monoisotopic (exact) mass is 262 g/mol. The van der Waals surface area contributed by atoms with Crippen LogP contribution >= 0.6 is 0 Å². The third kappa shape index (κ3) is 3.30. The van der Waals surface area contributed by atoms with Crippen LogP contribution in [-0.2, 0) is 9.59 Å². The number of carboxylic acids is 1. The number of hydrogen-bond donors (Lipinski definition) is 1. The molecule has 1 amide bonds. The van der Waals surface area contributed by atoms with E-state index in [-0.39, 0.29) is 18.4 Å². The van der Waals surface area contributed by atoms with Crippen LogP contribution in [0.15, 0.2) is 18.3 Å².